The molecule has 2 heteroatoms. The Bertz CT molecular complexity index is 1100. The van der Waals surface area contributed by atoms with E-state index in [1.54, 1.807) is 0 Å². The van der Waals surface area contributed by atoms with Gasteiger partial charge in [-0.1, -0.05) is 46.3 Å². The Hall–Kier alpha value is -2.45. The fourth-order valence-electron chi connectivity index (χ4n) is 3.50. The zero-order valence-electron chi connectivity index (χ0n) is 12.3. The van der Waals surface area contributed by atoms with Crippen molar-refractivity contribution in [3.63, 3.8) is 0 Å². The second kappa shape index (κ2) is 4.77. The number of hydrogen-bond donors (Lipinski definition) is 0. The molecule has 0 spiro atoms. The summed E-state index contributed by atoms with van der Waals surface area (Å²) < 4.78 is 1.12. The van der Waals surface area contributed by atoms with Gasteiger partial charge in [-0.25, -0.2) is 0 Å². The lowest BCUT2D eigenvalue weighted by atomic mass is 9.92. The first-order chi connectivity index (χ1) is 11.3. The maximum absolute atomic E-state index is 4.24. The summed E-state index contributed by atoms with van der Waals surface area (Å²) in [7, 11) is 0. The molecule has 5 aromatic rings. The summed E-state index contributed by atoms with van der Waals surface area (Å²) in [6.07, 6.45) is 3.73. The van der Waals surface area contributed by atoms with Crippen LogP contribution >= 0.6 is 15.9 Å². The fourth-order valence-corrected chi connectivity index (χ4v) is 3.99. The van der Waals surface area contributed by atoms with Crippen molar-refractivity contribution in [2.75, 3.05) is 0 Å². The Balaban J connectivity index is 1.93. The summed E-state index contributed by atoms with van der Waals surface area (Å²) in [6.45, 7) is 0. The first kappa shape index (κ1) is 13.0. The number of pyridine rings is 1. The van der Waals surface area contributed by atoms with Crippen LogP contribution in [0.15, 0.2) is 77.5 Å². The maximum atomic E-state index is 4.24. The Labute approximate surface area is 142 Å². The van der Waals surface area contributed by atoms with Crippen LogP contribution in [0.3, 0.4) is 0 Å². The highest BCUT2D eigenvalue weighted by atomic mass is 79.9. The Kier molecular flexibility index (Phi) is 2.70. The van der Waals surface area contributed by atoms with Gasteiger partial charge < -0.3 is 0 Å². The minimum Gasteiger partial charge on any atom is -0.264 e. The van der Waals surface area contributed by atoms with Gasteiger partial charge in [-0.15, -0.1) is 0 Å². The predicted molar refractivity (Wildman–Crippen MR) is 101 cm³/mol. The lowest BCUT2D eigenvalue weighted by Crippen LogP contribution is -1.86. The van der Waals surface area contributed by atoms with E-state index in [0.29, 0.717) is 0 Å². The molecule has 0 atom stereocenters. The first-order valence-electron chi connectivity index (χ1n) is 7.58. The molecule has 0 saturated carbocycles. The molecule has 0 saturated heterocycles. The molecule has 108 valence electrons. The SMILES string of the molecule is Brc1cc2ccc3cc(-c4cccnc4)cc4ccc(c1)c2c34. The van der Waals surface area contributed by atoms with Gasteiger partial charge in [-0.2, -0.15) is 0 Å². The molecule has 1 heterocycles. The van der Waals surface area contributed by atoms with Crippen LogP contribution in [-0.2, 0) is 0 Å². The van der Waals surface area contributed by atoms with E-state index in [1.807, 2.05) is 18.5 Å². The fraction of sp³-hybridized carbons (Fsp3) is 0. The second-order valence-electron chi connectivity index (χ2n) is 5.90. The average molecular weight is 358 g/mol. The maximum Gasteiger partial charge on any atom is 0.0346 e. The van der Waals surface area contributed by atoms with Crippen molar-refractivity contribution in [3.05, 3.63) is 77.5 Å². The lowest BCUT2D eigenvalue weighted by molar-refractivity contribution is 1.33. The standard InChI is InChI=1S/C21H12BrN/c22-19-10-15-5-3-13-8-18(17-2-1-7-23-12-17)9-14-4-6-16(11-19)21(15)20(13)14/h1-12H. The molecule has 0 radical (unpaired) electrons. The summed E-state index contributed by atoms with van der Waals surface area (Å²) >= 11 is 3.61. The van der Waals surface area contributed by atoms with Gasteiger partial charge in [0.15, 0.2) is 0 Å². The number of halogens is 1. The van der Waals surface area contributed by atoms with Crippen LogP contribution < -0.4 is 0 Å². The monoisotopic (exact) mass is 357 g/mol. The molecule has 0 N–H and O–H groups in total. The molecule has 5 rings (SSSR count). The van der Waals surface area contributed by atoms with E-state index in [4.69, 9.17) is 0 Å². The number of rotatable bonds is 1. The van der Waals surface area contributed by atoms with E-state index in [2.05, 4.69) is 75.5 Å². The molecule has 1 nitrogen and oxygen atoms in total. The van der Waals surface area contributed by atoms with Gasteiger partial charge in [0.1, 0.15) is 0 Å². The van der Waals surface area contributed by atoms with Crippen LogP contribution in [0.2, 0.25) is 0 Å². The Morgan fingerprint density at radius 3 is 1.74 bits per heavy atom. The normalized spacial score (nSPS) is 11.7. The molecule has 0 aliphatic carbocycles. The molecule has 0 fully saturated rings. The van der Waals surface area contributed by atoms with E-state index >= 15 is 0 Å². The van der Waals surface area contributed by atoms with Crippen molar-refractivity contribution >= 4 is 48.2 Å². The van der Waals surface area contributed by atoms with Crippen LogP contribution in [0.4, 0.5) is 0 Å². The van der Waals surface area contributed by atoms with Gasteiger partial charge in [-0.3, -0.25) is 4.98 Å². The number of benzene rings is 4. The van der Waals surface area contributed by atoms with Crippen molar-refractivity contribution in [1.82, 2.24) is 4.98 Å². The smallest absolute Gasteiger partial charge is 0.0346 e. The van der Waals surface area contributed by atoms with Crippen LogP contribution in [0.25, 0.3) is 43.4 Å². The summed E-state index contributed by atoms with van der Waals surface area (Å²) in [5.74, 6) is 0. The summed E-state index contributed by atoms with van der Waals surface area (Å²) in [6, 6.07) is 21.9. The van der Waals surface area contributed by atoms with Crippen molar-refractivity contribution in [3.8, 4) is 11.1 Å². The summed E-state index contributed by atoms with van der Waals surface area (Å²) in [5.41, 5.74) is 2.37. The van der Waals surface area contributed by atoms with Crippen molar-refractivity contribution < 1.29 is 0 Å². The number of nitrogens with zero attached hydrogens (tertiary/aromatic N) is 1. The van der Waals surface area contributed by atoms with Gasteiger partial charge in [0, 0.05) is 22.4 Å². The molecule has 0 unspecified atom stereocenters. The third kappa shape index (κ3) is 1.95. The van der Waals surface area contributed by atoms with E-state index in [-0.39, 0.29) is 0 Å². The van der Waals surface area contributed by atoms with Crippen molar-refractivity contribution in [2.45, 2.75) is 0 Å². The largest absolute Gasteiger partial charge is 0.264 e. The van der Waals surface area contributed by atoms with Gasteiger partial charge in [0.05, 0.1) is 0 Å². The molecule has 0 aliphatic heterocycles. The van der Waals surface area contributed by atoms with Crippen molar-refractivity contribution in [2.24, 2.45) is 0 Å². The zero-order chi connectivity index (χ0) is 15.4. The summed E-state index contributed by atoms with van der Waals surface area (Å²) in [5, 5.41) is 7.81. The minimum atomic E-state index is 1.12. The molecular formula is C21H12BrN. The van der Waals surface area contributed by atoms with E-state index in [1.165, 1.54) is 37.9 Å². The number of hydrogen-bond acceptors (Lipinski definition) is 1. The highest BCUT2D eigenvalue weighted by Gasteiger charge is 2.10. The zero-order valence-corrected chi connectivity index (χ0v) is 13.8. The highest BCUT2D eigenvalue weighted by molar-refractivity contribution is 9.10. The Morgan fingerprint density at radius 2 is 1.22 bits per heavy atom. The first-order valence-corrected chi connectivity index (χ1v) is 8.37. The molecule has 1 aromatic heterocycles. The topological polar surface area (TPSA) is 12.9 Å². The van der Waals surface area contributed by atoms with Gasteiger partial charge in [0.2, 0.25) is 0 Å². The van der Waals surface area contributed by atoms with E-state index < -0.39 is 0 Å². The van der Waals surface area contributed by atoms with Crippen molar-refractivity contribution in [1.29, 1.82) is 0 Å². The molecule has 0 amide bonds. The third-order valence-corrected chi connectivity index (χ3v) is 4.95. The summed E-state index contributed by atoms with van der Waals surface area (Å²) in [4.78, 5) is 4.24. The van der Waals surface area contributed by atoms with Gasteiger partial charge >= 0.3 is 0 Å². The highest BCUT2D eigenvalue weighted by Crippen LogP contribution is 2.38. The molecule has 0 aliphatic rings. The lowest BCUT2D eigenvalue weighted by Gasteiger charge is -2.13. The Morgan fingerprint density at radius 1 is 0.652 bits per heavy atom. The quantitative estimate of drug-likeness (QED) is 0.316. The van der Waals surface area contributed by atoms with Crippen LogP contribution in [0.5, 0.6) is 0 Å². The van der Waals surface area contributed by atoms with E-state index in [9.17, 15) is 0 Å². The van der Waals surface area contributed by atoms with Gasteiger partial charge in [0.25, 0.3) is 0 Å². The third-order valence-electron chi connectivity index (χ3n) is 4.49. The van der Waals surface area contributed by atoms with Gasteiger partial charge in [-0.05, 0) is 68.2 Å². The van der Waals surface area contributed by atoms with E-state index in [0.717, 1.165) is 10.0 Å². The average Bonchev–Trinajstić information content (AvgIpc) is 2.59. The van der Waals surface area contributed by atoms with Crippen LogP contribution in [-0.4, -0.2) is 4.98 Å². The van der Waals surface area contributed by atoms with Crippen LogP contribution in [0.1, 0.15) is 0 Å². The molecule has 23 heavy (non-hydrogen) atoms. The minimum absolute atomic E-state index is 1.12. The predicted octanol–water partition coefficient (Wildman–Crippen LogP) is 6.41. The van der Waals surface area contributed by atoms with Crippen LogP contribution in [0, 0.1) is 0 Å². The molecular weight excluding hydrogens is 346 g/mol. The molecule has 4 aromatic carbocycles. The number of aromatic nitrogens is 1. The second-order valence-corrected chi connectivity index (χ2v) is 6.81. The molecule has 0 bridgehead atoms.